The first-order chi connectivity index (χ1) is 8.54. The fourth-order valence-corrected chi connectivity index (χ4v) is 2.40. The number of carbonyl (C=O) groups is 2. The van der Waals surface area contributed by atoms with Gasteiger partial charge in [-0.25, -0.2) is 0 Å². The van der Waals surface area contributed by atoms with Crippen LogP contribution in [0.5, 0.6) is 0 Å². The number of hydrogen-bond acceptors (Lipinski definition) is 2. The molecule has 0 spiro atoms. The lowest BCUT2D eigenvalue weighted by Crippen LogP contribution is -2.32. The van der Waals surface area contributed by atoms with E-state index in [1.807, 2.05) is 20.8 Å². The van der Waals surface area contributed by atoms with E-state index in [1.165, 1.54) is 0 Å². The van der Waals surface area contributed by atoms with Crippen molar-refractivity contribution in [3.05, 3.63) is 22.5 Å². The van der Waals surface area contributed by atoms with Crippen LogP contribution in [0.15, 0.2) is 0 Å². The Morgan fingerprint density at radius 1 is 1.44 bits per heavy atom. The molecule has 1 atom stereocenters. The number of rotatable bonds is 3. The Bertz CT molecular complexity index is 488. The van der Waals surface area contributed by atoms with Gasteiger partial charge in [-0.1, -0.05) is 6.92 Å². The van der Waals surface area contributed by atoms with Gasteiger partial charge in [0, 0.05) is 23.7 Å². The van der Waals surface area contributed by atoms with Crippen molar-refractivity contribution in [3.63, 3.8) is 0 Å². The Labute approximate surface area is 107 Å². The Morgan fingerprint density at radius 2 is 2.17 bits per heavy atom. The number of fused-ring (bicyclic) bond motifs is 1. The molecular weight excluding hydrogens is 228 g/mol. The lowest BCUT2D eigenvalue weighted by Gasteiger charge is -2.11. The van der Waals surface area contributed by atoms with Crippen molar-refractivity contribution in [2.24, 2.45) is 0 Å². The van der Waals surface area contributed by atoms with Crippen molar-refractivity contribution >= 4 is 11.7 Å². The van der Waals surface area contributed by atoms with E-state index in [0.29, 0.717) is 12.1 Å². The van der Waals surface area contributed by atoms with Crippen LogP contribution in [-0.2, 0) is 6.42 Å². The Morgan fingerprint density at radius 3 is 2.78 bits per heavy atom. The summed E-state index contributed by atoms with van der Waals surface area (Å²) in [5, 5.41) is 2.93. The molecule has 1 aliphatic rings. The number of carbonyl (C=O) groups excluding carboxylic acids is 2. The maximum atomic E-state index is 12.1. The zero-order valence-corrected chi connectivity index (χ0v) is 11.2. The molecule has 0 saturated heterocycles. The molecule has 1 aromatic heterocycles. The van der Waals surface area contributed by atoms with Gasteiger partial charge in [-0.05, 0) is 38.7 Å². The number of amides is 1. The SMILES string of the molecule is CC[C@@H](C)NC(=O)c1[nH]c2c(c1C)C(=O)CCC2. The van der Waals surface area contributed by atoms with Crippen molar-refractivity contribution in [2.75, 3.05) is 0 Å². The fourth-order valence-electron chi connectivity index (χ4n) is 2.40. The van der Waals surface area contributed by atoms with Gasteiger partial charge in [0.25, 0.3) is 5.91 Å². The molecule has 0 aromatic carbocycles. The molecule has 18 heavy (non-hydrogen) atoms. The second-order valence-corrected chi connectivity index (χ2v) is 5.04. The minimum atomic E-state index is -0.107. The van der Waals surface area contributed by atoms with Crippen LogP contribution in [0.25, 0.3) is 0 Å². The van der Waals surface area contributed by atoms with Crippen LogP contribution in [0, 0.1) is 6.92 Å². The van der Waals surface area contributed by atoms with Crippen molar-refractivity contribution in [3.8, 4) is 0 Å². The largest absolute Gasteiger partial charge is 0.354 e. The molecular formula is C14H20N2O2. The minimum absolute atomic E-state index is 0.107. The Balaban J connectivity index is 2.30. The van der Waals surface area contributed by atoms with Gasteiger partial charge in [0.15, 0.2) is 5.78 Å². The highest BCUT2D eigenvalue weighted by Gasteiger charge is 2.26. The number of aryl methyl sites for hydroxylation is 1. The highest BCUT2D eigenvalue weighted by Crippen LogP contribution is 2.26. The van der Waals surface area contributed by atoms with E-state index in [-0.39, 0.29) is 17.7 Å². The summed E-state index contributed by atoms with van der Waals surface area (Å²) in [4.78, 5) is 27.1. The monoisotopic (exact) mass is 248 g/mol. The molecule has 4 heteroatoms. The van der Waals surface area contributed by atoms with Crippen molar-refractivity contribution in [1.82, 2.24) is 10.3 Å². The third-order valence-electron chi connectivity index (χ3n) is 3.65. The van der Waals surface area contributed by atoms with Crippen LogP contribution >= 0.6 is 0 Å². The Hall–Kier alpha value is -1.58. The summed E-state index contributed by atoms with van der Waals surface area (Å²) in [5.74, 6) is 0.0524. The highest BCUT2D eigenvalue weighted by atomic mass is 16.2. The van der Waals surface area contributed by atoms with Crippen molar-refractivity contribution in [2.45, 2.75) is 52.5 Å². The smallest absolute Gasteiger partial charge is 0.268 e. The third kappa shape index (κ3) is 2.19. The molecule has 0 bridgehead atoms. The molecule has 0 saturated carbocycles. The first-order valence-electron chi connectivity index (χ1n) is 6.60. The van der Waals surface area contributed by atoms with Crippen LogP contribution < -0.4 is 5.32 Å². The summed E-state index contributed by atoms with van der Waals surface area (Å²) in [5.41, 5.74) is 3.03. The molecule has 2 N–H and O–H groups in total. The summed E-state index contributed by atoms with van der Waals surface area (Å²) in [7, 11) is 0. The van der Waals surface area contributed by atoms with Gasteiger partial charge < -0.3 is 10.3 Å². The number of aromatic nitrogens is 1. The van der Waals surface area contributed by atoms with Crippen LogP contribution in [0.4, 0.5) is 0 Å². The van der Waals surface area contributed by atoms with Crippen molar-refractivity contribution in [1.29, 1.82) is 0 Å². The second-order valence-electron chi connectivity index (χ2n) is 5.04. The normalized spacial score (nSPS) is 16.3. The second kappa shape index (κ2) is 4.96. The molecule has 1 amide bonds. The van der Waals surface area contributed by atoms with Gasteiger partial charge in [-0.3, -0.25) is 9.59 Å². The Kier molecular flexibility index (Phi) is 3.55. The summed E-state index contributed by atoms with van der Waals surface area (Å²) < 4.78 is 0. The molecule has 98 valence electrons. The average molecular weight is 248 g/mol. The van der Waals surface area contributed by atoms with Crippen LogP contribution in [-0.4, -0.2) is 22.7 Å². The molecule has 0 radical (unpaired) electrons. The standard InChI is InChI=1S/C14H20N2O2/c1-4-8(2)15-14(18)13-9(3)12-10(16-13)6-5-7-11(12)17/h8,16H,4-7H2,1-3H3,(H,15,18)/t8-/m1/s1. The zero-order valence-electron chi connectivity index (χ0n) is 11.2. The van der Waals surface area contributed by atoms with Gasteiger partial charge in [-0.2, -0.15) is 0 Å². The van der Waals surface area contributed by atoms with E-state index in [2.05, 4.69) is 10.3 Å². The lowest BCUT2D eigenvalue weighted by molar-refractivity contribution is 0.0933. The molecule has 1 heterocycles. The molecule has 1 aliphatic carbocycles. The molecule has 0 aliphatic heterocycles. The number of nitrogens with one attached hydrogen (secondary N) is 2. The molecule has 0 fully saturated rings. The maximum absolute atomic E-state index is 12.1. The van der Waals surface area contributed by atoms with E-state index in [4.69, 9.17) is 0 Å². The average Bonchev–Trinajstić information content (AvgIpc) is 2.68. The first-order valence-corrected chi connectivity index (χ1v) is 6.60. The number of aromatic amines is 1. The predicted octanol–water partition coefficient (Wildman–Crippen LogP) is 2.37. The van der Waals surface area contributed by atoms with Crippen LogP contribution in [0.1, 0.15) is 65.2 Å². The summed E-state index contributed by atoms with van der Waals surface area (Å²) in [6, 6.07) is 0.146. The fraction of sp³-hybridized carbons (Fsp3) is 0.571. The van der Waals surface area contributed by atoms with Gasteiger partial charge in [-0.15, -0.1) is 0 Å². The van der Waals surface area contributed by atoms with Gasteiger partial charge in [0.1, 0.15) is 5.69 Å². The number of hydrogen-bond donors (Lipinski definition) is 2. The van der Waals surface area contributed by atoms with Gasteiger partial charge in [0.05, 0.1) is 0 Å². The van der Waals surface area contributed by atoms with Crippen molar-refractivity contribution < 1.29 is 9.59 Å². The van der Waals surface area contributed by atoms with Crippen LogP contribution in [0.3, 0.4) is 0 Å². The number of H-pyrrole nitrogens is 1. The van der Waals surface area contributed by atoms with E-state index >= 15 is 0 Å². The van der Waals surface area contributed by atoms with E-state index < -0.39 is 0 Å². The van der Waals surface area contributed by atoms with E-state index in [1.54, 1.807) is 0 Å². The lowest BCUT2D eigenvalue weighted by atomic mass is 9.94. The van der Waals surface area contributed by atoms with Gasteiger partial charge in [0.2, 0.25) is 0 Å². The van der Waals surface area contributed by atoms with Crippen LogP contribution in [0.2, 0.25) is 0 Å². The summed E-state index contributed by atoms with van der Waals surface area (Å²) >= 11 is 0. The quantitative estimate of drug-likeness (QED) is 0.862. The third-order valence-corrected chi connectivity index (χ3v) is 3.65. The van der Waals surface area contributed by atoms with Gasteiger partial charge >= 0.3 is 0 Å². The highest BCUT2D eigenvalue weighted by molar-refractivity contribution is 6.04. The minimum Gasteiger partial charge on any atom is -0.354 e. The number of Topliss-reactive ketones (excluding diaryl/α,β-unsaturated/α-hetero) is 1. The molecule has 1 aromatic rings. The maximum Gasteiger partial charge on any atom is 0.268 e. The number of ketones is 1. The van der Waals surface area contributed by atoms with E-state index in [9.17, 15) is 9.59 Å². The molecule has 0 unspecified atom stereocenters. The molecule has 4 nitrogen and oxygen atoms in total. The summed E-state index contributed by atoms with van der Waals surface area (Å²) in [6.07, 6.45) is 3.22. The predicted molar refractivity (Wildman–Crippen MR) is 70.0 cm³/mol. The zero-order chi connectivity index (χ0) is 13.3. The topological polar surface area (TPSA) is 62.0 Å². The summed E-state index contributed by atoms with van der Waals surface area (Å²) in [6.45, 7) is 5.85. The molecule has 2 rings (SSSR count). The van der Waals surface area contributed by atoms with E-state index in [0.717, 1.165) is 36.1 Å². The first kappa shape index (κ1) is 12.9.